The second kappa shape index (κ2) is 8.50. The van der Waals surface area contributed by atoms with Crippen LogP contribution in [0.4, 0.5) is 11.4 Å². The highest BCUT2D eigenvalue weighted by Crippen LogP contribution is 2.33. The lowest BCUT2D eigenvalue weighted by Gasteiger charge is -2.24. The number of nitrogens with one attached hydrogen (secondary N) is 1. The second-order valence-corrected chi connectivity index (χ2v) is 8.71. The van der Waals surface area contributed by atoms with Gasteiger partial charge in [0, 0.05) is 37.1 Å². The first-order valence-electron chi connectivity index (χ1n) is 11.2. The molecular weight excluding hydrogens is 386 g/mol. The van der Waals surface area contributed by atoms with E-state index in [9.17, 15) is 4.79 Å². The molecule has 2 aromatic carbocycles. The third kappa shape index (κ3) is 4.05. The smallest absolute Gasteiger partial charge is 0.254 e. The van der Waals surface area contributed by atoms with Crippen LogP contribution < -0.4 is 15.1 Å². The minimum atomic E-state index is -0.0398. The maximum Gasteiger partial charge on any atom is 0.254 e. The summed E-state index contributed by atoms with van der Waals surface area (Å²) in [6.07, 6.45) is 3.75. The van der Waals surface area contributed by atoms with Gasteiger partial charge in [0.1, 0.15) is 5.76 Å². The molecule has 0 bridgehead atoms. The Balaban J connectivity index is 1.20. The van der Waals surface area contributed by atoms with Crippen molar-refractivity contribution in [2.24, 2.45) is 5.92 Å². The monoisotopic (exact) mass is 415 g/mol. The lowest BCUT2D eigenvalue weighted by Crippen LogP contribution is -2.33. The van der Waals surface area contributed by atoms with Crippen molar-refractivity contribution in [1.82, 2.24) is 5.32 Å². The molecule has 0 radical (unpaired) electrons. The molecule has 2 unspecified atom stereocenters. The summed E-state index contributed by atoms with van der Waals surface area (Å²) in [4.78, 5) is 17.7. The highest BCUT2D eigenvalue weighted by Gasteiger charge is 2.28. The molecule has 0 spiro atoms. The standard InChI is InChI=1S/C26H29N3O2/c1-19-15-21-7-5-6-10-24(21)29(19)18-25-23(12-14-31-25)26(30)27-16-20-11-13-28(17-20)22-8-3-2-4-9-22/h2-10,12,14,19-20H,11,13,15-18H2,1H3,(H,27,30). The minimum Gasteiger partial charge on any atom is -0.467 e. The van der Waals surface area contributed by atoms with E-state index in [4.69, 9.17) is 4.42 Å². The Bertz CT molecular complexity index is 1050. The van der Waals surface area contributed by atoms with Crippen molar-refractivity contribution in [2.45, 2.75) is 32.4 Å². The van der Waals surface area contributed by atoms with Crippen molar-refractivity contribution < 1.29 is 9.21 Å². The lowest BCUT2D eigenvalue weighted by atomic mass is 10.1. The van der Waals surface area contributed by atoms with Gasteiger partial charge in [0.15, 0.2) is 0 Å². The molecule has 3 aromatic rings. The largest absolute Gasteiger partial charge is 0.467 e. The quantitative estimate of drug-likeness (QED) is 0.645. The Morgan fingerprint density at radius 3 is 2.77 bits per heavy atom. The molecule has 2 aliphatic heterocycles. The van der Waals surface area contributed by atoms with Gasteiger partial charge in [0.25, 0.3) is 5.91 Å². The fraction of sp³-hybridized carbons (Fsp3) is 0.346. The number of benzene rings is 2. The normalized spacial score (nSPS) is 20.2. The van der Waals surface area contributed by atoms with Crippen molar-refractivity contribution in [3.8, 4) is 0 Å². The van der Waals surface area contributed by atoms with E-state index in [-0.39, 0.29) is 5.91 Å². The number of amides is 1. The number of para-hydroxylation sites is 2. The van der Waals surface area contributed by atoms with Crippen LogP contribution in [-0.4, -0.2) is 31.6 Å². The zero-order valence-electron chi connectivity index (χ0n) is 18.0. The lowest BCUT2D eigenvalue weighted by molar-refractivity contribution is 0.0946. The minimum absolute atomic E-state index is 0.0398. The van der Waals surface area contributed by atoms with Gasteiger partial charge in [-0.3, -0.25) is 4.79 Å². The summed E-state index contributed by atoms with van der Waals surface area (Å²) in [6.45, 7) is 5.54. The van der Waals surface area contributed by atoms with E-state index in [0.29, 0.717) is 30.6 Å². The van der Waals surface area contributed by atoms with Gasteiger partial charge < -0.3 is 19.5 Å². The molecule has 2 atom stereocenters. The average Bonchev–Trinajstić information content (AvgIpc) is 3.53. The van der Waals surface area contributed by atoms with Gasteiger partial charge in [-0.1, -0.05) is 36.4 Å². The maximum atomic E-state index is 12.9. The van der Waals surface area contributed by atoms with Crippen molar-refractivity contribution in [2.75, 3.05) is 29.4 Å². The van der Waals surface area contributed by atoms with Gasteiger partial charge in [-0.15, -0.1) is 0 Å². The van der Waals surface area contributed by atoms with E-state index in [1.165, 1.54) is 16.9 Å². The van der Waals surface area contributed by atoms with Crippen LogP contribution >= 0.6 is 0 Å². The maximum absolute atomic E-state index is 12.9. The summed E-state index contributed by atoms with van der Waals surface area (Å²) in [5, 5.41) is 3.15. The number of carbonyl (C=O) groups is 1. The number of furan rings is 1. The van der Waals surface area contributed by atoms with Gasteiger partial charge >= 0.3 is 0 Å². The molecule has 1 N–H and O–H groups in total. The summed E-state index contributed by atoms with van der Waals surface area (Å²) in [7, 11) is 0. The first-order valence-corrected chi connectivity index (χ1v) is 11.2. The van der Waals surface area contributed by atoms with E-state index in [0.717, 1.165) is 31.7 Å². The second-order valence-electron chi connectivity index (χ2n) is 8.71. The Kier molecular flexibility index (Phi) is 5.41. The summed E-state index contributed by atoms with van der Waals surface area (Å²) in [5.41, 5.74) is 4.50. The Labute approximate surface area is 183 Å². The Morgan fingerprint density at radius 1 is 1.10 bits per heavy atom. The van der Waals surface area contributed by atoms with Gasteiger partial charge in [-0.05, 0) is 55.5 Å². The van der Waals surface area contributed by atoms with Crippen LogP contribution in [0.15, 0.2) is 71.3 Å². The van der Waals surface area contributed by atoms with Gasteiger partial charge in [0.05, 0.1) is 18.4 Å². The summed E-state index contributed by atoms with van der Waals surface area (Å²) >= 11 is 0. The number of nitrogens with zero attached hydrogens (tertiary/aromatic N) is 2. The number of hydrogen-bond donors (Lipinski definition) is 1. The topological polar surface area (TPSA) is 48.7 Å². The fourth-order valence-electron chi connectivity index (χ4n) is 4.90. The van der Waals surface area contributed by atoms with Crippen LogP contribution in [0.1, 0.15) is 35.0 Å². The van der Waals surface area contributed by atoms with E-state index >= 15 is 0 Å². The van der Waals surface area contributed by atoms with Gasteiger partial charge in [-0.2, -0.15) is 0 Å². The molecule has 3 heterocycles. The SMILES string of the molecule is CC1Cc2ccccc2N1Cc1occc1C(=O)NCC1CCN(c2ccccc2)C1. The molecule has 5 nitrogen and oxygen atoms in total. The molecule has 5 heteroatoms. The zero-order valence-corrected chi connectivity index (χ0v) is 18.0. The van der Waals surface area contributed by atoms with Crippen LogP contribution in [0.5, 0.6) is 0 Å². The molecule has 1 saturated heterocycles. The van der Waals surface area contributed by atoms with Crippen LogP contribution in [0, 0.1) is 5.92 Å². The molecule has 2 aliphatic rings. The predicted molar refractivity (Wildman–Crippen MR) is 124 cm³/mol. The molecule has 31 heavy (non-hydrogen) atoms. The first kappa shape index (κ1) is 19.7. The van der Waals surface area contributed by atoms with E-state index in [2.05, 4.69) is 70.6 Å². The van der Waals surface area contributed by atoms with Crippen molar-refractivity contribution in [3.63, 3.8) is 0 Å². The molecule has 5 rings (SSSR count). The molecule has 1 aromatic heterocycles. The number of carbonyl (C=O) groups excluding carboxylic acids is 1. The predicted octanol–water partition coefficient (Wildman–Crippen LogP) is 4.49. The molecule has 0 aliphatic carbocycles. The number of fused-ring (bicyclic) bond motifs is 1. The van der Waals surface area contributed by atoms with Crippen molar-refractivity contribution in [1.29, 1.82) is 0 Å². The van der Waals surface area contributed by atoms with Crippen molar-refractivity contribution in [3.05, 3.63) is 83.8 Å². The highest BCUT2D eigenvalue weighted by molar-refractivity contribution is 5.95. The molecular formula is C26H29N3O2. The number of anilines is 2. The summed E-state index contributed by atoms with van der Waals surface area (Å²) in [5.74, 6) is 1.16. The third-order valence-electron chi connectivity index (χ3n) is 6.61. The van der Waals surface area contributed by atoms with Crippen LogP contribution in [0.25, 0.3) is 0 Å². The average molecular weight is 416 g/mol. The first-order chi connectivity index (χ1) is 15.2. The number of rotatable bonds is 6. The molecule has 1 fully saturated rings. The Hall–Kier alpha value is -3.21. The van der Waals surface area contributed by atoms with Crippen LogP contribution in [-0.2, 0) is 13.0 Å². The number of hydrogen-bond acceptors (Lipinski definition) is 4. The van der Waals surface area contributed by atoms with E-state index in [1.807, 2.05) is 6.07 Å². The molecule has 0 saturated carbocycles. The third-order valence-corrected chi connectivity index (χ3v) is 6.61. The Morgan fingerprint density at radius 2 is 1.90 bits per heavy atom. The summed E-state index contributed by atoms with van der Waals surface area (Å²) in [6, 6.07) is 21.2. The summed E-state index contributed by atoms with van der Waals surface area (Å²) < 4.78 is 5.75. The van der Waals surface area contributed by atoms with Gasteiger partial charge in [-0.25, -0.2) is 0 Å². The highest BCUT2D eigenvalue weighted by atomic mass is 16.3. The van der Waals surface area contributed by atoms with Gasteiger partial charge in [0.2, 0.25) is 0 Å². The van der Waals surface area contributed by atoms with E-state index < -0.39 is 0 Å². The van der Waals surface area contributed by atoms with Crippen LogP contribution in [0.2, 0.25) is 0 Å². The van der Waals surface area contributed by atoms with Crippen molar-refractivity contribution >= 4 is 17.3 Å². The molecule has 160 valence electrons. The van der Waals surface area contributed by atoms with E-state index in [1.54, 1.807) is 12.3 Å². The zero-order chi connectivity index (χ0) is 21.2. The fourth-order valence-corrected chi connectivity index (χ4v) is 4.90. The van der Waals surface area contributed by atoms with Crippen LogP contribution in [0.3, 0.4) is 0 Å². The molecule has 1 amide bonds.